The van der Waals surface area contributed by atoms with Crippen LogP contribution in [0.3, 0.4) is 0 Å². The van der Waals surface area contributed by atoms with Gasteiger partial charge in [0, 0.05) is 51.2 Å². The maximum atomic E-state index is 2.63. The van der Waals surface area contributed by atoms with Gasteiger partial charge in [0.15, 0.2) is 0 Å². The van der Waals surface area contributed by atoms with Crippen molar-refractivity contribution in [2.75, 3.05) is 14.7 Å². The number of hydrogen-bond donors (Lipinski definition) is 0. The lowest BCUT2D eigenvalue weighted by atomic mass is 9.24. The Morgan fingerprint density at radius 1 is 0.306 bits per heavy atom. The first-order valence-corrected chi connectivity index (χ1v) is 13.6. The van der Waals surface area contributed by atoms with Crippen LogP contribution in [-0.4, -0.2) is 20.1 Å². The smallest absolute Gasteiger partial charge is 0.241 e. The second kappa shape index (κ2) is 6.57. The van der Waals surface area contributed by atoms with E-state index in [9.17, 15) is 0 Å². The molecule has 36 heavy (non-hydrogen) atoms. The van der Waals surface area contributed by atoms with E-state index < -0.39 is 0 Å². The maximum absolute atomic E-state index is 2.63. The lowest BCUT2D eigenvalue weighted by molar-refractivity contribution is 0.976. The van der Waals surface area contributed by atoms with Crippen molar-refractivity contribution >= 4 is 53.6 Å². The van der Waals surface area contributed by atoms with Gasteiger partial charge in [0.1, 0.15) is 0 Å². The highest BCUT2D eigenvalue weighted by atomic mass is 15.2. The molecule has 6 aliphatic heterocycles. The molecule has 1 aromatic carbocycles. The Hall–Kier alpha value is -2.75. The fraction of sp³-hybridized carbons (Fsp3) is 0.400. The van der Waals surface area contributed by atoms with Gasteiger partial charge in [0.05, 0.1) is 0 Å². The third-order valence-corrected chi connectivity index (χ3v) is 11.1. The molecule has 0 bridgehead atoms. The highest BCUT2D eigenvalue weighted by Crippen LogP contribution is 2.51. The Morgan fingerprint density at radius 2 is 0.472 bits per heavy atom. The van der Waals surface area contributed by atoms with E-state index in [0.29, 0.717) is 20.1 Å². The molecule has 0 N–H and O–H groups in total. The van der Waals surface area contributed by atoms with Crippen molar-refractivity contribution in [1.82, 2.24) is 0 Å². The van der Waals surface area contributed by atoms with Crippen molar-refractivity contribution < 1.29 is 0 Å². The summed E-state index contributed by atoms with van der Waals surface area (Å²) in [4.78, 5) is 7.90. The van der Waals surface area contributed by atoms with Crippen molar-refractivity contribution in [1.29, 1.82) is 0 Å². The topological polar surface area (TPSA) is 9.72 Å². The summed E-state index contributed by atoms with van der Waals surface area (Å²) < 4.78 is 0. The molecule has 6 heteroatoms. The summed E-state index contributed by atoms with van der Waals surface area (Å²) in [5, 5.41) is 0. The van der Waals surface area contributed by atoms with Crippen LogP contribution in [0.15, 0.2) is 67.0 Å². The van der Waals surface area contributed by atoms with Crippen molar-refractivity contribution in [3.8, 4) is 0 Å². The standard InChI is InChI=1S/C30H36B3N3/c1-13-19(7)34-21(9)15(3)32-17(5)23(11)36-24(12)18(6)33-16(4)22(10)35-20(8)14(2)31(13)25-28(34)26(32)30(36)27(33)29(25)35/h1-12H3. The summed E-state index contributed by atoms with van der Waals surface area (Å²) in [7, 11) is 0. The summed E-state index contributed by atoms with van der Waals surface area (Å²) in [5.74, 6) is 0. The molecule has 0 aliphatic carbocycles. The molecule has 6 heterocycles. The first-order valence-electron chi connectivity index (χ1n) is 13.6. The van der Waals surface area contributed by atoms with Gasteiger partial charge in [-0.15, -0.1) is 0 Å². The molecule has 3 nitrogen and oxygen atoms in total. The predicted molar refractivity (Wildman–Crippen MR) is 160 cm³/mol. The van der Waals surface area contributed by atoms with Gasteiger partial charge in [-0.1, -0.05) is 32.8 Å². The van der Waals surface area contributed by atoms with Crippen LogP contribution in [0.1, 0.15) is 83.1 Å². The van der Waals surface area contributed by atoms with Crippen LogP contribution in [0, 0.1) is 0 Å². The number of rotatable bonds is 0. The van der Waals surface area contributed by atoms with E-state index in [4.69, 9.17) is 0 Å². The van der Waals surface area contributed by atoms with Crippen molar-refractivity contribution in [3.63, 3.8) is 0 Å². The molecule has 0 amide bonds. The number of allylic oxidation sites excluding steroid dienone is 12. The van der Waals surface area contributed by atoms with Crippen molar-refractivity contribution in [3.05, 3.63) is 67.0 Å². The molecule has 0 saturated carbocycles. The molecule has 0 atom stereocenters. The average Bonchev–Trinajstić information content (AvgIpc) is 2.83. The van der Waals surface area contributed by atoms with E-state index in [-0.39, 0.29) is 0 Å². The zero-order chi connectivity index (χ0) is 25.9. The number of benzene rings is 1. The van der Waals surface area contributed by atoms with E-state index in [2.05, 4.69) is 97.8 Å². The zero-order valence-electron chi connectivity index (χ0n) is 24.1. The summed E-state index contributed by atoms with van der Waals surface area (Å²) in [6.45, 7) is 29.5. The Kier molecular flexibility index (Phi) is 4.10. The van der Waals surface area contributed by atoms with E-state index in [1.165, 1.54) is 84.1 Å². The summed E-state index contributed by atoms with van der Waals surface area (Å²) in [5.41, 5.74) is 26.6. The largest absolute Gasteiger partial charge is 0.321 e. The Bertz CT molecular complexity index is 1180. The fourth-order valence-electron chi connectivity index (χ4n) is 8.66. The Labute approximate surface area is 218 Å². The first kappa shape index (κ1) is 22.5. The summed E-state index contributed by atoms with van der Waals surface area (Å²) in [6.07, 6.45) is 0. The number of hydrogen-bond acceptors (Lipinski definition) is 3. The van der Waals surface area contributed by atoms with Crippen LogP contribution in [-0.2, 0) is 0 Å². The van der Waals surface area contributed by atoms with Gasteiger partial charge in [-0.3, -0.25) is 0 Å². The summed E-state index contributed by atoms with van der Waals surface area (Å²) in [6, 6.07) is 0. The van der Waals surface area contributed by atoms with Gasteiger partial charge in [-0.05, 0) is 99.5 Å². The highest BCUT2D eigenvalue weighted by Gasteiger charge is 2.54. The molecule has 1 aromatic rings. The molecular weight excluding hydrogens is 435 g/mol. The minimum atomic E-state index is 0.357. The van der Waals surface area contributed by atoms with Gasteiger partial charge in [0.25, 0.3) is 0 Å². The van der Waals surface area contributed by atoms with Crippen LogP contribution in [0.5, 0.6) is 0 Å². The second-order valence-electron chi connectivity index (χ2n) is 12.2. The maximum Gasteiger partial charge on any atom is 0.241 e. The molecular formula is C30H36B3N3. The van der Waals surface area contributed by atoms with Crippen molar-refractivity contribution in [2.24, 2.45) is 0 Å². The van der Waals surface area contributed by atoms with Gasteiger partial charge in [-0.2, -0.15) is 0 Å². The van der Waals surface area contributed by atoms with Gasteiger partial charge in [-0.25, -0.2) is 0 Å². The first-order chi connectivity index (χ1) is 16.9. The molecule has 0 radical (unpaired) electrons. The molecule has 0 unspecified atom stereocenters. The second-order valence-corrected chi connectivity index (χ2v) is 12.2. The van der Waals surface area contributed by atoms with Gasteiger partial charge < -0.3 is 14.7 Å². The Balaban J connectivity index is 1.78. The third-order valence-electron chi connectivity index (χ3n) is 11.1. The minimum Gasteiger partial charge on any atom is -0.321 e. The number of nitrogens with zero attached hydrogens (tertiary/aromatic N) is 3. The minimum absolute atomic E-state index is 0.357. The highest BCUT2D eigenvalue weighted by molar-refractivity contribution is 6.98. The molecule has 0 aromatic heterocycles. The normalized spacial score (nSPS) is 22.0. The molecule has 0 saturated heterocycles. The van der Waals surface area contributed by atoms with Crippen LogP contribution < -0.4 is 31.1 Å². The Morgan fingerprint density at radius 3 is 0.639 bits per heavy atom. The fourth-order valence-corrected chi connectivity index (χ4v) is 8.66. The molecule has 0 spiro atoms. The molecule has 7 rings (SSSR count). The zero-order valence-corrected chi connectivity index (χ0v) is 24.1. The van der Waals surface area contributed by atoms with Gasteiger partial charge >= 0.3 is 0 Å². The van der Waals surface area contributed by atoms with Crippen LogP contribution >= 0.6 is 0 Å². The lowest BCUT2D eigenvalue weighted by Gasteiger charge is -2.56. The molecule has 6 aliphatic rings. The number of anilines is 3. The monoisotopic (exact) mass is 471 g/mol. The van der Waals surface area contributed by atoms with Crippen LogP contribution in [0.4, 0.5) is 17.1 Å². The van der Waals surface area contributed by atoms with Gasteiger partial charge in [0.2, 0.25) is 20.1 Å². The van der Waals surface area contributed by atoms with E-state index >= 15 is 0 Å². The van der Waals surface area contributed by atoms with E-state index in [1.807, 2.05) is 0 Å². The van der Waals surface area contributed by atoms with E-state index in [0.717, 1.165) is 0 Å². The molecule has 0 fully saturated rings. The van der Waals surface area contributed by atoms with Crippen LogP contribution in [0.2, 0.25) is 0 Å². The lowest BCUT2D eigenvalue weighted by Crippen LogP contribution is -2.65. The third kappa shape index (κ3) is 2.08. The quantitative estimate of drug-likeness (QED) is 0.477. The predicted octanol–water partition coefficient (Wildman–Crippen LogP) is 5.29. The van der Waals surface area contributed by atoms with Crippen LogP contribution in [0.25, 0.3) is 0 Å². The SMILES string of the molecule is CC1=C(C)N2C(C)=C(C)B3C(C)=C(C)N4C(C)=C(C)B5C(C)=C(C)N6C(C)=C(C)B1c1c2c3c4c5c16. The molecule has 180 valence electrons. The average molecular weight is 471 g/mol. The van der Waals surface area contributed by atoms with E-state index in [1.54, 1.807) is 16.4 Å². The summed E-state index contributed by atoms with van der Waals surface area (Å²) >= 11 is 0. The van der Waals surface area contributed by atoms with Crippen molar-refractivity contribution in [2.45, 2.75) is 83.1 Å².